The van der Waals surface area contributed by atoms with E-state index in [4.69, 9.17) is 0 Å². The normalized spacial score (nSPS) is 26.3. The number of benzene rings is 1. The number of aliphatic hydroxyl groups excluding tert-OH is 1. The quantitative estimate of drug-likeness (QED) is 0.822. The Morgan fingerprint density at radius 1 is 1.07 bits per heavy atom. The van der Waals surface area contributed by atoms with E-state index in [0.717, 1.165) is 25.7 Å². The molecule has 0 aliphatic heterocycles. The molecule has 1 aromatic carbocycles. The second kappa shape index (κ2) is 5.16. The van der Waals surface area contributed by atoms with Crippen molar-refractivity contribution in [1.29, 1.82) is 0 Å². The van der Waals surface area contributed by atoms with Crippen molar-refractivity contribution in [2.24, 2.45) is 0 Å². The van der Waals surface area contributed by atoms with Gasteiger partial charge < -0.3 is 10.4 Å². The van der Waals surface area contributed by atoms with Gasteiger partial charge in [0.15, 0.2) is 0 Å². The summed E-state index contributed by atoms with van der Waals surface area (Å²) in [5.74, 6) is 0. The van der Waals surface area contributed by atoms with Crippen LogP contribution >= 0.6 is 22.6 Å². The van der Waals surface area contributed by atoms with Crippen molar-refractivity contribution in [2.45, 2.75) is 37.8 Å². The lowest BCUT2D eigenvalue weighted by atomic mass is 9.93. The third-order valence-electron chi connectivity index (χ3n) is 2.91. The molecule has 1 aliphatic rings. The van der Waals surface area contributed by atoms with E-state index in [2.05, 4.69) is 52.2 Å². The number of hydrogen-bond donors (Lipinski definition) is 2. The Kier molecular flexibility index (Phi) is 3.86. The zero-order valence-electron chi connectivity index (χ0n) is 8.62. The number of anilines is 1. The summed E-state index contributed by atoms with van der Waals surface area (Å²) in [5, 5.41) is 12.9. The van der Waals surface area contributed by atoms with E-state index in [1.54, 1.807) is 0 Å². The molecule has 82 valence electrons. The smallest absolute Gasteiger partial charge is 0.0541 e. The van der Waals surface area contributed by atoms with E-state index in [0.29, 0.717) is 6.04 Å². The van der Waals surface area contributed by atoms with Gasteiger partial charge in [-0.2, -0.15) is 0 Å². The summed E-state index contributed by atoms with van der Waals surface area (Å²) in [7, 11) is 0. The minimum atomic E-state index is -0.0697. The van der Waals surface area contributed by atoms with Gasteiger partial charge in [0.2, 0.25) is 0 Å². The monoisotopic (exact) mass is 317 g/mol. The van der Waals surface area contributed by atoms with Crippen LogP contribution in [-0.2, 0) is 0 Å². The fourth-order valence-corrected chi connectivity index (χ4v) is 2.36. The number of rotatable bonds is 2. The van der Waals surface area contributed by atoms with E-state index in [1.165, 1.54) is 9.26 Å². The molecule has 0 heterocycles. The largest absolute Gasteiger partial charge is 0.393 e. The molecule has 0 spiro atoms. The molecule has 0 unspecified atom stereocenters. The van der Waals surface area contributed by atoms with Crippen LogP contribution in [0.5, 0.6) is 0 Å². The lowest BCUT2D eigenvalue weighted by Crippen LogP contribution is -2.28. The average molecular weight is 317 g/mol. The van der Waals surface area contributed by atoms with Gasteiger partial charge >= 0.3 is 0 Å². The Labute approximate surface area is 104 Å². The minimum absolute atomic E-state index is 0.0697. The standard InChI is InChI=1S/C12H16INO/c13-9-1-3-10(4-2-9)14-11-5-7-12(15)8-6-11/h1-4,11-12,14-15H,5-8H2. The summed E-state index contributed by atoms with van der Waals surface area (Å²) in [6, 6.07) is 8.99. The number of aliphatic hydroxyl groups is 1. The van der Waals surface area contributed by atoms with Crippen LogP contribution in [0.2, 0.25) is 0 Å². The molecule has 0 bridgehead atoms. The maximum absolute atomic E-state index is 9.40. The number of hydrogen-bond acceptors (Lipinski definition) is 2. The van der Waals surface area contributed by atoms with Gasteiger partial charge in [-0.1, -0.05) is 0 Å². The highest BCUT2D eigenvalue weighted by molar-refractivity contribution is 14.1. The average Bonchev–Trinajstić information content (AvgIpc) is 2.25. The highest BCUT2D eigenvalue weighted by Gasteiger charge is 2.18. The molecule has 1 saturated carbocycles. The first kappa shape index (κ1) is 11.2. The van der Waals surface area contributed by atoms with Gasteiger partial charge in [0.05, 0.1) is 6.10 Å². The Morgan fingerprint density at radius 2 is 1.67 bits per heavy atom. The van der Waals surface area contributed by atoms with Crippen LogP contribution in [0.1, 0.15) is 25.7 Å². The first-order valence-electron chi connectivity index (χ1n) is 5.44. The molecule has 0 atom stereocenters. The molecule has 0 radical (unpaired) electrons. The highest BCUT2D eigenvalue weighted by Crippen LogP contribution is 2.22. The van der Waals surface area contributed by atoms with Gasteiger partial charge in [-0.3, -0.25) is 0 Å². The topological polar surface area (TPSA) is 32.3 Å². The van der Waals surface area contributed by atoms with Crippen LogP contribution < -0.4 is 5.32 Å². The fourth-order valence-electron chi connectivity index (χ4n) is 2.00. The Balaban J connectivity index is 1.89. The van der Waals surface area contributed by atoms with Crippen molar-refractivity contribution >= 4 is 28.3 Å². The molecule has 0 saturated heterocycles. The van der Waals surface area contributed by atoms with Crippen molar-refractivity contribution in [3.63, 3.8) is 0 Å². The second-order valence-electron chi connectivity index (χ2n) is 4.16. The molecule has 2 rings (SSSR count). The van der Waals surface area contributed by atoms with E-state index in [1.807, 2.05) is 0 Å². The van der Waals surface area contributed by atoms with Gasteiger partial charge in [-0.15, -0.1) is 0 Å². The summed E-state index contributed by atoms with van der Waals surface area (Å²) in [6.07, 6.45) is 3.95. The SMILES string of the molecule is OC1CCC(Nc2ccc(I)cc2)CC1. The van der Waals surface area contributed by atoms with E-state index >= 15 is 0 Å². The Hall–Kier alpha value is -0.290. The zero-order chi connectivity index (χ0) is 10.7. The molecule has 2 N–H and O–H groups in total. The van der Waals surface area contributed by atoms with Crippen molar-refractivity contribution in [3.05, 3.63) is 27.8 Å². The van der Waals surface area contributed by atoms with Crippen LogP contribution in [0.15, 0.2) is 24.3 Å². The zero-order valence-corrected chi connectivity index (χ0v) is 10.8. The van der Waals surface area contributed by atoms with Crippen molar-refractivity contribution in [3.8, 4) is 0 Å². The summed E-state index contributed by atoms with van der Waals surface area (Å²) < 4.78 is 1.26. The summed E-state index contributed by atoms with van der Waals surface area (Å²) in [6.45, 7) is 0. The van der Waals surface area contributed by atoms with Crippen LogP contribution in [-0.4, -0.2) is 17.3 Å². The minimum Gasteiger partial charge on any atom is -0.393 e. The number of halogens is 1. The van der Waals surface area contributed by atoms with Crippen LogP contribution in [0.4, 0.5) is 5.69 Å². The summed E-state index contributed by atoms with van der Waals surface area (Å²) >= 11 is 2.31. The van der Waals surface area contributed by atoms with E-state index in [9.17, 15) is 5.11 Å². The third-order valence-corrected chi connectivity index (χ3v) is 3.63. The van der Waals surface area contributed by atoms with Crippen molar-refractivity contribution in [2.75, 3.05) is 5.32 Å². The lowest BCUT2D eigenvalue weighted by Gasteiger charge is -2.27. The van der Waals surface area contributed by atoms with Crippen LogP contribution in [0.3, 0.4) is 0 Å². The fraction of sp³-hybridized carbons (Fsp3) is 0.500. The molecule has 1 aliphatic carbocycles. The van der Waals surface area contributed by atoms with Gasteiger partial charge in [0.1, 0.15) is 0 Å². The lowest BCUT2D eigenvalue weighted by molar-refractivity contribution is 0.126. The Bertz CT molecular complexity index is 304. The predicted octanol–water partition coefficient (Wildman–Crippen LogP) is 3.01. The van der Waals surface area contributed by atoms with Gasteiger partial charge in [-0.05, 0) is 72.5 Å². The van der Waals surface area contributed by atoms with Crippen molar-refractivity contribution < 1.29 is 5.11 Å². The first-order chi connectivity index (χ1) is 7.24. The van der Waals surface area contributed by atoms with Gasteiger partial charge in [-0.25, -0.2) is 0 Å². The maximum atomic E-state index is 9.40. The third kappa shape index (κ3) is 3.34. The molecular formula is C12H16INO. The molecule has 0 aromatic heterocycles. The van der Waals surface area contributed by atoms with Crippen molar-refractivity contribution in [1.82, 2.24) is 0 Å². The van der Waals surface area contributed by atoms with Gasteiger partial charge in [0.25, 0.3) is 0 Å². The molecule has 2 nitrogen and oxygen atoms in total. The predicted molar refractivity (Wildman–Crippen MR) is 71.0 cm³/mol. The highest BCUT2D eigenvalue weighted by atomic mass is 127. The van der Waals surface area contributed by atoms with Crippen LogP contribution in [0.25, 0.3) is 0 Å². The van der Waals surface area contributed by atoms with E-state index < -0.39 is 0 Å². The number of nitrogens with one attached hydrogen (secondary N) is 1. The molecule has 0 amide bonds. The second-order valence-corrected chi connectivity index (χ2v) is 5.40. The maximum Gasteiger partial charge on any atom is 0.0541 e. The molecule has 15 heavy (non-hydrogen) atoms. The van der Waals surface area contributed by atoms with Gasteiger partial charge in [0, 0.05) is 15.3 Å². The summed E-state index contributed by atoms with van der Waals surface area (Å²) in [4.78, 5) is 0. The molecular weight excluding hydrogens is 301 g/mol. The molecule has 3 heteroatoms. The van der Waals surface area contributed by atoms with Crippen LogP contribution in [0, 0.1) is 3.57 Å². The molecule has 1 aromatic rings. The van der Waals surface area contributed by atoms with E-state index in [-0.39, 0.29) is 6.10 Å². The molecule has 1 fully saturated rings. The summed E-state index contributed by atoms with van der Waals surface area (Å²) in [5.41, 5.74) is 1.19. The Morgan fingerprint density at radius 3 is 2.27 bits per heavy atom. The first-order valence-corrected chi connectivity index (χ1v) is 6.52.